The van der Waals surface area contributed by atoms with Crippen LogP contribution in [0.15, 0.2) is 54.9 Å². The van der Waals surface area contributed by atoms with Gasteiger partial charge in [-0.15, -0.1) is 0 Å². The molecule has 0 radical (unpaired) electrons. The first kappa shape index (κ1) is 17.7. The minimum absolute atomic E-state index is 0.00405. The third-order valence-corrected chi connectivity index (χ3v) is 4.75. The fraction of sp³-hybridized carbons (Fsp3) is 0.150. The molecule has 0 fully saturated rings. The van der Waals surface area contributed by atoms with Gasteiger partial charge in [0.2, 0.25) is 0 Å². The van der Waals surface area contributed by atoms with Gasteiger partial charge in [0.05, 0.1) is 23.3 Å². The van der Waals surface area contributed by atoms with Gasteiger partial charge in [-0.2, -0.15) is 0 Å². The summed E-state index contributed by atoms with van der Waals surface area (Å²) < 4.78 is 13.8. The quantitative estimate of drug-likeness (QED) is 0.648. The molecule has 0 aliphatic carbocycles. The molecule has 1 aromatic heterocycles. The standard InChI is InChI=1S/C20H17FN4O3/c21-13-5-3-4-12(10-13)18-17-16(22-11-23-17)8-9-25(18)20(28)24-15-7-2-1-6-14(15)19(26)27/h1-7,10-11,18H,8-9H2,(H,22,23)(H,24,28)(H,26,27). The molecule has 2 aromatic carbocycles. The number of benzene rings is 2. The Morgan fingerprint density at radius 3 is 2.82 bits per heavy atom. The van der Waals surface area contributed by atoms with Gasteiger partial charge in [0.1, 0.15) is 11.9 Å². The van der Waals surface area contributed by atoms with Gasteiger partial charge in [-0.3, -0.25) is 0 Å². The number of fused-ring (bicyclic) bond motifs is 1. The molecule has 1 atom stereocenters. The Kier molecular flexibility index (Phi) is 4.52. The summed E-state index contributed by atoms with van der Waals surface area (Å²) in [5, 5.41) is 12.0. The van der Waals surface area contributed by atoms with E-state index in [9.17, 15) is 19.1 Å². The first-order chi connectivity index (χ1) is 13.5. The molecule has 7 nitrogen and oxygen atoms in total. The lowest BCUT2D eigenvalue weighted by atomic mass is 9.96. The van der Waals surface area contributed by atoms with Crippen molar-refractivity contribution in [2.75, 3.05) is 11.9 Å². The van der Waals surface area contributed by atoms with E-state index in [4.69, 9.17) is 0 Å². The van der Waals surface area contributed by atoms with Crippen LogP contribution in [0.3, 0.4) is 0 Å². The van der Waals surface area contributed by atoms with Crippen LogP contribution in [0.25, 0.3) is 0 Å². The van der Waals surface area contributed by atoms with Crippen LogP contribution >= 0.6 is 0 Å². The number of urea groups is 1. The number of carbonyl (C=O) groups is 2. The highest BCUT2D eigenvalue weighted by Crippen LogP contribution is 2.34. The summed E-state index contributed by atoms with van der Waals surface area (Å²) in [7, 11) is 0. The van der Waals surface area contributed by atoms with Crippen LogP contribution in [-0.4, -0.2) is 38.5 Å². The molecule has 3 N–H and O–H groups in total. The van der Waals surface area contributed by atoms with Crippen LogP contribution in [0.2, 0.25) is 0 Å². The van der Waals surface area contributed by atoms with Gasteiger partial charge in [-0.1, -0.05) is 24.3 Å². The number of carbonyl (C=O) groups excluding carboxylic acids is 1. The predicted molar refractivity (Wildman–Crippen MR) is 99.7 cm³/mol. The summed E-state index contributed by atoms with van der Waals surface area (Å²) >= 11 is 0. The highest BCUT2D eigenvalue weighted by Gasteiger charge is 2.34. The zero-order valence-electron chi connectivity index (χ0n) is 14.7. The molecule has 2 heterocycles. The molecule has 142 valence electrons. The molecule has 8 heteroatoms. The summed E-state index contributed by atoms with van der Waals surface area (Å²) in [6.07, 6.45) is 2.12. The number of aromatic carboxylic acids is 1. The Morgan fingerprint density at radius 1 is 1.21 bits per heavy atom. The number of aromatic amines is 1. The Labute approximate surface area is 159 Å². The molecule has 0 spiro atoms. The number of amides is 2. The minimum Gasteiger partial charge on any atom is -0.478 e. The second-order valence-corrected chi connectivity index (χ2v) is 6.45. The van der Waals surface area contributed by atoms with Crippen molar-refractivity contribution in [3.05, 3.63) is 83.2 Å². The summed E-state index contributed by atoms with van der Waals surface area (Å²) in [6.45, 7) is 0.372. The van der Waals surface area contributed by atoms with E-state index in [-0.39, 0.29) is 11.3 Å². The third kappa shape index (κ3) is 3.20. The van der Waals surface area contributed by atoms with E-state index in [0.717, 1.165) is 5.69 Å². The van der Waals surface area contributed by atoms with Crippen molar-refractivity contribution < 1.29 is 19.1 Å². The van der Waals surface area contributed by atoms with E-state index in [2.05, 4.69) is 15.3 Å². The molecule has 1 unspecified atom stereocenters. The lowest BCUT2D eigenvalue weighted by molar-refractivity contribution is 0.0698. The van der Waals surface area contributed by atoms with Gasteiger partial charge < -0.3 is 20.3 Å². The van der Waals surface area contributed by atoms with E-state index in [0.29, 0.717) is 24.2 Å². The number of para-hydroxylation sites is 1. The number of nitrogens with one attached hydrogen (secondary N) is 2. The van der Waals surface area contributed by atoms with Crippen molar-refractivity contribution in [3.8, 4) is 0 Å². The van der Waals surface area contributed by atoms with E-state index in [1.807, 2.05) is 0 Å². The second-order valence-electron chi connectivity index (χ2n) is 6.45. The highest BCUT2D eigenvalue weighted by molar-refractivity contribution is 6.00. The molecule has 2 amide bonds. The largest absolute Gasteiger partial charge is 0.478 e. The average Bonchev–Trinajstić information content (AvgIpc) is 3.16. The normalized spacial score (nSPS) is 15.8. The van der Waals surface area contributed by atoms with Crippen LogP contribution in [0.4, 0.5) is 14.9 Å². The molecule has 0 bridgehead atoms. The second kappa shape index (κ2) is 7.15. The van der Waals surface area contributed by atoms with Crippen molar-refractivity contribution in [2.24, 2.45) is 0 Å². The highest BCUT2D eigenvalue weighted by atomic mass is 19.1. The van der Waals surface area contributed by atoms with Crippen molar-refractivity contribution in [1.29, 1.82) is 0 Å². The summed E-state index contributed by atoms with van der Waals surface area (Å²) in [6, 6.07) is 11.2. The van der Waals surface area contributed by atoms with Gasteiger partial charge in [-0.25, -0.2) is 19.0 Å². The number of carboxylic acids is 1. The van der Waals surface area contributed by atoms with Crippen LogP contribution in [0.1, 0.15) is 33.4 Å². The smallest absolute Gasteiger partial charge is 0.337 e. The van der Waals surface area contributed by atoms with Crippen molar-refractivity contribution in [3.63, 3.8) is 0 Å². The zero-order chi connectivity index (χ0) is 19.7. The molecule has 0 saturated heterocycles. The number of aromatic nitrogens is 2. The molecule has 1 aliphatic heterocycles. The Balaban J connectivity index is 1.70. The van der Waals surface area contributed by atoms with Gasteiger partial charge in [0.25, 0.3) is 0 Å². The number of halogens is 1. The molecule has 1 aliphatic rings. The molecular formula is C20H17FN4O3. The first-order valence-corrected chi connectivity index (χ1v) is 8.72. The number of nitrogens with zero attached hydrogens (tertiary/aromatic N) is 2. The Hall–Kier alpha value is -3.68. The van der Waals surface area contributed by atoms with E-state index in [1.54, 1.807) is 30.6 Å². The number of H-pyrrole nitrogens is 1. The zero-order valence-corrected chi connectivity index (χ0v) is 14.7. The number of anilines is 1. The van der Waals surface area contributed by atoms with Crippen LogP contribution in [0, 0.1) is 5.82 Å². The van der Waals surface area contributed by atoms with Crippen molar-refractivity contribution >= 4 is 17.7 Å². The third-order valence-electron chi connectivity index (χ3n) is 4.75. The van der Waals surface area contributed by atoms with Gasteiger partial charge in [0.15, 0.2) is 0 Å². The summed E-state index contributed by atoms with van der Waals surface area (Å²) in [4.78, 5) is 33.4. The number of hydrogen-bond acceptors (Lipinski definition) is 3. The maximum absolute atomic E-state index is 13.8. The number of rotatable bonds is 3. The maximum atomic E-state index is 13.8. The lowest BCUT2D eigenvalue weighted by Crippen LogP contribution is -2.43. The van der Waals surface area contributed by atoms with Crippen molar-refractivity contribution in [1.82, 2.24) is 14.9 Å². The summed E-state index contributed by atoms with van der Waals surface area (Å²) in [5.41, 5.74) is 2.33. The van der Waals surface area contributed by atoms with E-state index >= 15 is 0 Å². The van der Waals surface area contributed by atoms with E-state index in [1.165, 1.54) is 29.2 Å². The molecule has 28 heavy (non-hydrogen) atoms. The van der Waals surface area contributed by atoms with Crippen LogP contribution < -0.4 is 5.32 Å². The topological polar surface area (TPSA) is 98.3 Å². The predicted octanol–water partition coefficient (Wildman–Crippen LogP) is 3.43. The lowest BCUT2D eigenvalue weighted by Gasteiger charge is -2.35. The average molecular weight is 380 g/mol. The minimum atomic E-state index is -1.13. The molecule has 3 aromatic rings. The molecule has 0 saturated carbocycles. The first-order valence-electron chi connectivity index (χ1n) is 8.72. The number of carboxylic acid groups (broad SMARTS) is 1. The molecule has 4 rings (SSSR count). The van der Waals surface area contributed by atoms with Crippen LogP contribution in [0.5, 0.6) is 0 Å². The number of hydrogen-bond donors (Lipinski definition) is 3. The SMILES string of the molecule is O=C(O)c1ccccc1NC(=O)N1CCc2[nH]cnc2C1c1cccc(F)c1. The number of imidazole rings is 1. The van der Waals surface area contributed by atoms with Gasteiger partial charge in [0, 0.05) is 18.7 Å². The fourth-order valence-corrected chi connectivity index (χ4v) is 3.48. The fourth-order valence-electron chi connectivity index (χ4n) is 3.48. The summed E-state index contributed by atoms with van der Waals surface area (Å²) in [5.74, 6) is -1.54. The van der Waals surface area contributed by atoms with Gasteiger partial charge in [-0.05, 0) is 29.8 Å². The maximum Gasteiger partial charge on any atom is 0.337 e. The van der Waals surface area contributed by atoms with E-state index < -0.39 is 23.9 Å². The molecular weight excluding hydrogens is 363 g/mol. The Bertz CT molecular complexity index is 1050. The van der Waals surface area contributed by atoms with Gasteiger partial charge >= 0.3 is 12.0 Å². The Morgan fingerprint density at radius 2 is 2.04 bits per heavy atom. The van der Waals surface area contributed by atoms with Crippen LogP contribution in [-0.2, 0) is 6.42 Å². The van der Waals surface area contributed by atoms with Crippen molar-refractivity contribution in [2.45, 2.75) is 12.5 Å². The monoisotopic (exact) mass is 380 g/mol.